The van der Waals surface area contributed by atoms with Gasteiger partial charge in [0.2, 0.25) is 5.91 Å². The van der Waals surface area contributed by atoms with E-state index >= 15 is 0 Å². The van der Waals surface area contributed by atoms with Gasteiger partial charge in [0, 0.05) is 22.9 Å². The van der Waals surface area contributed by atoms with Gasteiger partial charge in [0.25, 0.3) is 5.69 Å². The third-order valence-electron chi connectivity index (χ3n) is 4.23. The van der Waals surface area contributed by atoms with Crippen molar-refractivity contribution in [3.8, 4) is 5.75 Å². The van der Waals surface area contributed by atoms with Gasteiger partial charge in [0.15, 0.2) is 12.4 Å². The number of nitrogens with zero attached hydrogens (tertiary/aromatic N) is 1. The molecule has 25 heavy (non-hydrogen) atoms. The average Bonchev–Trinajstić information content (AvgIpc) is 2.86. The number of nitrogens with one attached hydrogen (secondary N) is 1. The molecule has 2 aromatic rings. The molecule has 0 saturated heterocycles. The summed E-state index contributed by atoms with van der Waals surface area (Å²) >= 11 is 0. The van der Waals surface area contributed by atoms with E-state index in [-0.39, 0.29) is 29.9 Å². The number of anilines is 1. The van der Waals surface area contributed by atoms with Gasteiger partial charge in [-0.25, -0.2) is 0 Å². The van der Waals surface area contributed by atoms with Crippen molar-refractivity contribution in [2.45, 2.75) is 19.8 Å². The van der Waals surface area contributed by atoms with Crippen LogP contribution in [0.4, 0.5) is 11.4 Å². The number of amides is 1. The number of aryl methyl sites for hydroxylation is 1. The maximum Gasteiger partial charge on any atom is 0.272 e. The van der Waals surface area contributed by atoms with Crippen molar-refractivity contribution >= 4 is 23.1 Å². The van der Waals surface area contributed by atoms with Crippen LogP contribution in [0.3, 0.4) is 0 Å². The summed E-state index contributed by atoms with van der Waals surface area (Å²) in [7, 11) is 0. The SMILES string of the molecule is Cc1cc(OCC(=O)c2ccc3c(c2)[C@@H](C)C(=O)N3)ccc1[N+](=O)[O-]. The average molecular weight is 340 g/mol. The van der Waals surface area contributed by atoms with Gasteiger partial charge in [0.05, 0.1) is 10.8 Å². The molecule has 1 amide bonds. The molecule has 0 spiro atoms. The molecule has 0 saturated carbocycles. The van der Waals surface area contributed by atoms with Crippen LogP contribution in [0.15, 0.2) is 36.4 Å². The normalized spacial score (nSPS) is 15.4. The number of rotatable bonds is 5. The van der Waals surface area contributed by atoms with Gasteiger partial charge in [0.1, 0.15) is 5.75 Å². The van der Waals surface area contributed by atoms with Gasteiger partial charge in [-0.1, -0.05) is 0 Å². The van der Waals surface area contributed by atoms with Gasteiger partial charge in [-0.05, 0) is 49.7 Å². The van der Waals surface area contributed by atoms with Crippen molar-refractivity contribution in [3.63, 3.8) is 0 Å². The summed E-state index contributed by atoms with van der Waals surface area (Å²) in [5.41, 5.74) is 2.44. The highest BCUT2D eigenvalue weighted by Crippen LogP contribution is 2.32. The number of nitro groups is 1. The molecule has 7 heteroatoms. The van der Waals surface area contributed by atoms with E-state index in [9.17, 15) is 19.7 Å². The highest BCUT2D eigenvalue weighted by Gasteiger charge is 2.27. The molecule has 1 N–H and O–H groups in total. The fourth-order valence-electron chi connectivity index (χ4n) is 2.75. The van der Waals surface area contributed by atoms with E-state index in [1.165, 1.54) is 18.2 Å². The Bertz CT molecular complexity index is 891. The standard InChI is InChI=1S/C18H16N2O5/c1-10-7-13(4-6-16(10)20(23)24)25-9-17(21)12-3-5-15-14(8-12)11(2)18(22)19-15/h3-8,11H,9H2,1-2H3,(H,19,22)/t11-/m1/s1. The number of benzene rings is 2. The van der Waals surface area contributed by atoms with Crippen LogP contribution in [0.5, 0.6) is 5.75 Å². The van der Waals surface area contributed by atoms with E-state index < -0.39 is 4.92 Å². The predicted octanol–water partition coefficient (Wildman–Crippen LogP) is 3.22. The molecule has 1 aliphatic rings. The number of carbonyl (C=O) groups is 2. The minimum Gasteiger partial charge on any atom is -0.485 e. The molecule has 1 atom stereocenters. The van der Waals surface area contributed by atoms with Gasteiger partial charge in [-0.15, -0.1) is 0 Å². The lowest BCUT2D eigenvalue weighted by Crippen LogP contribution is -2.12. The Morgan fingerprint density at radius 1 is 1.28 bits per heavy atom. The van der Waals surface area contributed by atoms with Crippen LogP contribution < -0.4 is 10.1 Å². The number of carbonyl (C=O) groups excluding carboxylic acids is 2. The number of fused-ring (bicyclic) bond motifs is 1. The molecule has 0 radical (unpaired) electrons. The van der Waals surface area contributed by atoms with Crippen molar-refractivity contribution in [1.82, 2.24) is 0 Å². The Hall–Kier alpha value is -3.22. The topological polar surface area (TPSA) is 98.5 Å². The summed E-state index contributed by atoms with van der Waals surface area (Å²) in [6, 6.07) is 9.39. The lowest BCUT2D eigenvalue weighted by atomic mass is 9.99. The first kappa shape index (κ1) is 16.6. The van der Waals surface area contributed by atoms with Crippen molar-refractivity contribution in [2.24, 2.45) is 0 Å². The number of Topliss-reactive ketones (excluding diaryl/α,β-unsaturated/α-hetero) is 1. The summed E-state index contributed by atoms with van der Waals surface area (Å²) in [5.74, 6) is -0.216. The third kappa shape index (κ3) is 3.21. The lowest BCUT2D eigenvalue weighted by molar-refractivity contribution is -0.385. The fourth-order valence-corrected chi connectivity index (χ4v) is 2.75. The van der Waals surface area contributed by atoms with E-state index in [0.717, 1.165) is 11.3 Å². The molecular weight excluding hydrogens is 324 g/mol. The first-order chi connectivity index (χ1) is 11.9. The van der Waals surface area contributed by atoms with E-state index in [1.54, 1.807) is 32.0 Å². The largest absolute Gasteiger partial charge is 0.485 e. The smallest absolute Gasteiger partial charge is 0.272 e. The second-order valence-corrected chi connectivity index (χ2v) is 5.93. The highest BCUT2D eigenvalue weighted by molar-refractivity contribution is 6.04. The summed E-state index contributed by atoms with van der Waals surface area (Å²) in [5, 5.41) is 13.6. The van der Waals surface area contributed by atoms with Gasteiger partial charge in [-0.3, -0.25) is 19.7 Å². The summed E-state index contributed by atoms with van der Waals surface area (Å²) < 4.78 is 5.45. The van der Waals surface area contributed by atoms with E-state index in [0.29, 0.717) is 16.9 Å². The molecule has 3 rings (SSSR count). The molecule has 1 aliphatic heterocycles. The summed E-state index contributed by atoms with van der Waals surface area (Å²) in [6.45, 7) is 3.20. The maximum absolute atomic E-state index is 12.3. The lowest BCUT2D eigenvalue weighted by Gasteiger charge is -2.08. The Morgan fingerprint density at radius 3 is 2.72 bits per heavy atom. The first-order valence-corrected chi connectivity index (χ1v) is 7.72. The third-order valence-corrected chi connectivity index (χ3v) is 4.23. The van der Waals surface area contributed by atoms with Gasteiger partial charge < -0.3 is 10.1 Å². The molecule has 0 aliphatic carbocycles. The van der Waals surface area contributed by atoms with Gasteiger partial charge >= 0.3 is 0 Å². The maximum atomic E-state index is 12.3. The number of hydrogen-bond donors (Lipinski definition) is 1. The van der Waals surface area contributed by atoms with Gasteiger partial charge in [-0.2, -0.15) is 0 Å². The Morgan fingerprint density at radius 2 is 2.04 bits per heavy atom. The van der Waals surface area contributed by atoms with Crippen molar-refractivity contribution < 1.29 is 19.2 Å². The fraction of sp³-hybridized carbons (Fsp3) is 0.222. The van der Waals surface area contributed by atoms with Crippen molar-refractivity contribution in [2.75, 3.05) is 11.9 Å². The molecule has 128 valence electrons. The van der Waals surface area contributed by atoms with E-state index in [2.05, 4.69) is 5.32 Å². The number of nitro benzene ring substituents is 1. The number of ketones is 1. The van der Waals surface area contributed by atoms with Crippen LogP contribution in [-0.4, -0.2) is 23.2 Å². The van der Waals surface area contributed by atoms with Crippen LogP contribution >= 0.6 is 0 Å². The van der Waals surface area contributed by atoms with Crippen LogP contribution in [0, 0.1) is 17.0 Å². The molecule has 0 fully saturated rings. The Labute approximate surface area is 143 Å². The number of hydrogen-bond acceptors (Lipinski definition) is 5. The highest BCUT2D eigenvalue weighted by atomic mass is 16.6. The molecule has 0 aromatic heterocycles. The molecule has 0 unspecified atom stereocenters. The molecule has 7 nitrogen and oxygen atoms in total. The predicted molar refractivity (Wildman–Crippen MR) is 91.1 cm³/mol. The summed E-state index contributed by atoms with van der Waals surface area (Å²) in [6.07, 6.45) is 0. The zero-order chi connectivity index (χ0) is 18.1. The van der Waals surface area contributed by atoms with Crippen LogP contribution in [0.1, 0.15) is 34.3 Å². The number of ether oxygens (including phenoxy) is 1. The first-order valence-electron chi connectivity index (χ1n) is 7.72. The summed E-state index contributed by atoms with van der Waals surface area (Å²) in [4.78, 5) is 34.3. The zero-order valence-corrected chi connectivity index (χ0v) is 13.7. The second-order valence-electron chi connectivity index (χ2n) is 5.93. The molecular formula is C18H16N2O5. The van der Waals surface area contributed by atoms with Crippen LogP contribution in [0.25, 0.3) is 0 Å². The minimum absolute atomic E-state index is 0.00320. The second kappa shape index (κ2) is 6.35. The van der Waals surface area contributed by atoms with Crippen molar-refractivity contribution in [3.05, 3.63) is 63.2 Å². The van der Waals surface area contributed by atoms with E-state index in [1.807, 2.05) is 0 Å². The zero-order valence-electron chi connectivity index (χ0n) is 13.7. The Balaban J connectivity index is 1.71. The molecule has 2 aromatic carbocycles. The monoisotopic (exact) mass is 340 g/mol. The quantitative estimate of drug-likeness (QED) is 0.512. The molecule has 0 bridgehead atoms. The van der Waals surface area contributed by atoms with E-state index in [4.69, 9.17) is 4.74 Å². The van der Waals surface area contributed by atoms with Crippen LogP contribution in [0.2, 0.25) is 0 Å². The minimum atomic E-state index is -0.467. The van der Waals surface area contributed by atoms with Crippen molar-refractivity contribution in [1.29, 1.82) is 0 Å². The Kier molecular flexibility index (Phi) is 4.22. The van der Waals surface area contributed by atoms with Crippen LogP contribution in [-0.2, 0) is 4.79 Å². The molecule has 1 heterocycles.